The van der Waals surface area contributed by atoms with Gasteiger partial charge in [0.2, 0.25) is 0 Å². The number of amides is 2. The van der Waals surface area contributed by atoms with E-state index in [4.69, 9.17) is 0 Å². The molecule has 96 valence electrons. The molecule has 2 aliphatic heterocycles. The quantitative estimate of drug-likeness (QED) is 0.722. The summed E-state index contributed by atoms with van der Waals surface area (Å²) in [7, 11) is 0. The lowest BCUT2D eigenvalue weighted by atomic mass is 9.94. The van der Waals surface area contributed by atoms with Crippen LogP contribution in [0.2, 0.25) is 0 Å². The van der Waals surface area contributed by atoms with E-state index in [9.17, 15) is 4.79 Å². The molecule has 0 aromatic rings. The highest BCUT2D eigenvalue weighted by Gasteiger charge is 2.36. The summed E-state index contributed by atoms with van der Waals surface area (Å²) in [6, 6.07) is 1.17. The van der Waals surface area contributed by atoms with E-state index in [2.05, 4.69) is 10.6 Å². The molecule has 1 saturated carbocycles. The van der Waals surface area contributed by atoms with Crippen LogP contribution in [0.25, 0.3) is 0 Å². The summed E-state index contributed by atoms with van der Waals surface area (Å²) in [6.45, 7) is 2.98. The fourth-order valence-corrected chi connectivity index (χ4v) is 3.55. The SMILES string of the molecule is O=C(NC1CCCC1)N1CC2CCCNC2C1. The molecular weight excluding hydrogens is 214 g/mol. The van der Waals surface area contributed by atoms with Crippen molar-refractivity contribution in [3.05, 3.63) is 0 Å². The third kappa shape index (κ3) is 2.41. The minimum absolute atomic E-state index is 0.174. The Morgan fingerprint density at radius 3 is 2.71 bits per heavy atom. The van der Waals surface area contributed by atoms with E-state index in [1.807, 2.05) is 4.90 Å². The second-order valence-electron chi connectivity index (χ2n) is 5.80. The molecule has 2 saturated heterocycles. The van der Waals surface area contributed by atoms with Crippen molar-refractivity contribution in [2.24, 2.45) is 5.92 Å². The van der Waals surface area contributed by atoms with Crippen LogP contribution < -0.4 is 10.6 Å². The highest BCUT2D eigenvalue weighted by Crippen LogP contribution is 2.25. The van der Waals surface area contributed by atoms with Crippen molar-refractivity contribution in [3.8, 4) is 0 Å². The Morgan fingerprint density at radius 1 is 1.12 bits per heavy atom. The zero-order valence-corrected chi connectivity index (χ0v) is 10.5. The molecule has 4 nitrogen and oxygen atoms in total. The number of rotatable bonds is 1. The fourth-order valence-electron chi connectivity index (χ4n) is 3.55. The number of likely N-dealkylation sites (tertiary alicyclic amines) is 1. The molecule has 0 radical (unpaired) electrons. The lowest BCUT2D eigenvalue weighted by molar-refractivity contribution is 0.202. The number of urea groups is 1. The van der Waals surface area contributed by atoms with Gasteiger partial charge in [-0.3, -0.25) is 0 Å². The largest absolute Gasteiger partial charge is 0.335 e. The standard InChI is InChI=1S/C13H23N3O/c17-13(15-11-5-1-2-6-11)16-8-10-4-3-7-14-12(10)9-16/h10-12,14H,1-9H2,(H,15,17). The van der Waals surface area contributed by atoms with Crippen molar-refractivity contribution in [2.75, 3.05) is 19.6 Å². The zero-order chi connectivity index (χ0) is 11.7. The molecule has 17 heavy (non-hydrogen) atoms. The van der Waals surface area contributed by atoms with Crippen molar-refractivity contribution in [1.82, 2.24) is 15.5 Å². The maximum absolute atomic E-state index is 12.1. The van der Waals surface area contributed by atoms with Crippen LogP contribution in [-0.4, -0.2) is 42.6 Å². The highest BCUT2D eigenvalue weighted by molar-refractivity contribution is 5.75. The lowest BCUT2D eigenvalue weighted by Crippen LogP contribution is -2.44. The molecule has 2 N–H and O–H groups in total. The summed E-state index contributed by atoms with van der Waals surface area (Å²) in [5.74, 6) is 0.693. The number of hydrogen-bond acceptors (Lipinski definition) is 2. The number of nitrogens with one attached hydrogen (secondary N) is 2. The van der Waals surface area contributed by atoms with Crippen molar-refractivity contribution in [2.45, 2.75) is 50.6 Å². The van der Waals surface area contributed by atoms with Gasteiger partial charge in [-0.15, -0.1) is 0 Å². The monoisotopic (exact) mass is 237 g/mol. The molecule has 3 aliphatic rings. The van der Waals surface area contributed by atoms with Gasteiger partial charge in [0.25, 0.3) is 0 Å². The Morgan fingerprint density at radius 2 is 1.94 bits per heavy atom. The first-order valence-electron chi connectivity index (χ1n) is 7.12. The molecule has 2 heterocycles. The van der Waals surface area contributed by atoms with Crippen molar-refractivity contribution in [1.29, 1.82) is 0 Å². The minimum atomic E-state index is 0.174. The Kier molecular flexibility index (Phi) is 3.23. The second-order valence-corrected chi connectivity index (χ2v) is 5.80. The predicted molar refractivity (Wildman–Crippen MR) is 66.9 cm³/mol. The number of hydrogen-bond donors (Lipinski definition) is 2. The number of carbonyl (C=O) groups is 1. The van der Waals surface area contributed by atoms with Crippen LogP contribution in [0.1, 0.15) is 38.5 Å². The van der Waals surface area contributed by atoms with E-state index in [0.717, 1.165) is 19.6 Å². The predicted octanol–water partition coefficient (Wildman–Crippen LogP) is 1.32. The molecule has 0 bridgehead atoms. The average molecular weight is 237 g/mol. The van der Waals surface area contributed by atoms with E-state index in [1.54, 1.807) is 0 Å². The molecule has 3 rings (SSSR count). The molecule has 1 aliphatic carbocycles. The Labute approximate surface area is 103 Å². The van der Waals surface area contributed by atoms with Gasteiger partial charge in [-0.1, -0.05) is 12.8 Å². The fraction of sp³-hybridized carbons (Fsp3) is 0.923. The van der Waals surface area contributed by atoms with Gasteiger partial charge in [-0.05, 0) is 38.1 Å². The van der Waals surface area contributed by atoms with Gasteiger partial charge in [-0.2, -0.15) is 0 Å². The van der Waals surface area contributed by atoms with Gasteiger partial charge in [0, 0.05) is 25.2 Å². The first-order chi connectivity index (χ1) is 8.33. The molecule has 0 aromatic carbocycles. The van der Waals surface area contributed by atoms with Gasteiger partial charge in [0.1, 0.15) is 0 Å². The molecule has 2 amide bonds. The third-order valence-corrected chi connectivity index (χ3v) is 4.57. The Hall–Kier alpha value is -0.770. The van der Waals surface area contributed by atoms with Crippen LogP contribution in [0.3, 0.4) is 0 Å². The van der Waals surface area contributed by atoms with Gasteiger partial charge in [0.05, 0.1) is 0 Å². The first-order valence-corrected chi connectivity index (χ1v) is 7.12. The maximum atomic E-state index is 12.1. The van der Waals surface area contributed by atoms with E-state index in [0.29, 0.717) is 18.0 Å². The first kappa shape index (κ1) is 11.3. The van der Waals surface area contributed by atoms with Crippen LogP contribution in [-0.2, 0) is 0 Å². The Balaban J connectivity index is 1.52. The van der Waals surface area contributed by atoms with Crippen LogP contribution in [0.5, 0.6) is 0 Å². The molecule has 0 spiro atoms. The molecule has 2 atom stereocenters. The van der Waals surface area contributed by atoms with Crippen LogP contribution >= 0.6 is 0 Å². The molecule has 4 heteroatoms. The van der Waals surface area contributed by atoms with Crippen molar-refractivity contribution >= 4 is 6.03 Å². The number of piperidine rings is 1. The van der Waals surface area contributed by atoms with Gasteiger partial charge >= 0.3 is 6.03 Å². The number of nitrogens with zero attached hydrogens (tertiary/aromatic N) is 1. The molecular formula is C13H23N3O. The lowest BCUT2D eigenvalue weighted by Gasteiger charge is -2.24. The summed E-state index contributed by atoms with van der Waals surface area (Å²) < 4.78 is 0. The van der Waals surface area contributed by atoms with E-state index in [1.165, 1.54) is 38.5 Å². The van der Waals surface area contributed by atoms with Gasteiger partial charge < -0.3 is 15.5 Å². The summed E-state index contributed by atoms with van der Waals surface area (Å²) in [5, 5.41) is 6.73. The second kappa shape index (κ2) is 4.84. The molecule has 0 aromatic heterocycles. The Bertz CT molecular complexity index is 274. The summed E-state index contributed by atoms with van der Waals surface area (Å²) >= 11 is 0. The topological polar surface area (TPSA) is 44.4 Å². The third-order valence-electron chi connectivity index (χ3n) is 4.57. The zero-order valence-electron chi connectivity index (χ0n) is 10.5. The summed E-state index contributed by atoms with van der Waals surface area (Å²) in [4.78, 5) is 14.2. The smallest absolute Gasteiger partial charge is 0.317 e. The maximum Gasteiger partial charge on any atom is 0.317 e. The van der Waals surface area contributed by atoms with Crippen molar-refractivity contribution in [3.63, 3.8) is 0 Å². The number of fused-ring (bicyclic) bond motifs is 1. The van der Waals surface area contributed by atoms with Crippen LogP contribution in [0.4, 0.5) is 4.79 Å². The normalized spacial score (nSPS) is 33.8. The van der Waals surface area contributed by atoms with Crippen LogP contribution in [0.15, 0.2) is 0 Å². The molecule has 3 fully saturated rings. The molecule has 2 unspecified atom stereocenters. The summed E-state index contributed by atoms with van der Waals surface area (Å²) in [6.07, 6.45) is 7.44. The van der Waals surface area contributed by atoms with Crippen molar-refractivity contribution < 1.29 is 4.79 Å². The van der Waals surface area contributed by atoms with Crippen LogP contribution in [0, 0.1) is 5.92 Å². The highest BCUT2D eigenvalue weighted by atomic mass is 16.2. The van der Waals surface area contributed by atoms with Gasteiger partial charge in [-0.25, -0.2) is 4.79 Å². The van der Waals surface area contributed by atoms with E-state index < -0.39 is 0 Å². The van der Waals surface area contributed by atoms with Gasteiger partial charge in [0.15, 0.2) is 0 Å². The van der Waals surface area contributed by atoms with E-state index in [-0.39, 0.29) is 6.03 Å². The number of carbonyl (C=O) groups excluding carboxylic acids is 1. The average Bonchev–Trinajstić information content (AvgIpc) is 2.96. The van der Waals surface area contributed by atoms with E-state index >= 15 is 0 Å². The minimum Gasteiger partial charge on any atom is -0.335 e. The summed E-state index contributed by atoms with van der Waals surface area (Å²) in [5.41, 5.74) is 0.